The van der Waals surface area contributed by atoms with Crippen LogP contribution in [-0.4, -0.2) is 27.5 Å². The fourth-order valence-corrected chi connectivity index (χ4v) is 0. The summed E-state index contributed by atoms with van der Waals surface area (Å²) in [5, 5.41) is 0. The summed E-state index contributed by atoms with van der Waals surface area (Å²) in [6.45, 7) is 0. The zero-order valence-corrected chi connectivity index (χ0v) is 4.35. The molecule has 1 nitrogen and oxygen atoms in total. The van der Waals surface area contributed by atoms with Crippen LogP contribution in [0.25, 0.3) is 0 Å². The fourth-order valence-electron chi connectivity index (χ4n) is 0. The van der Waals surface area contributed by atoms with Crippen LogP contribution in [0.5, 0.6) is 0 Å². The van der Waals surface area contributed by atoms with Gasteiger partial charge in [0.05, 0.1) is 0 Å². The molecule has 0 aromatic heterocycles. The summed E-state index contributed by atoms with van der Waals surface area (Å²) in [5.74, 6) is 0. The van der Waals surface area contributed by atoms with E-state index in [1.165, 1.54) is 0 Å². The van der Waals surface area contributed by atoms with Crippen molar-refractivity contribution in [2.24, 2.45) is 0 Å². The van der Waals surface area contributed by atoms with Crippen molar-refractivity contribution in [3.63, 3.8) is 0 Å². The first-order valence-electron chi connectivity index (χ1n) is 0.204. The van der Waals surface area contributed by atoms with Gasteiger partial charge in [-0.15, -0.1) is 0 Å². The van der Waals surface area contributed by atoms with Crippen LogP contribution in [0.1, 0.15) is 0 Å². The molecule has 0 aromatic carbocycles. The molecule has 0 N–H and O–H groups in total. The molecule has 5 radical (unpaired) electrons. The van der Waals surface area contributed by atoms with Gasteiger partial charge in [-0.05, 0) is 0 Å². The predicted octanol–water partition coefficient (Wildman–Crippen LogP) is -0.287. The Kier molecular flexibility index (Phi) is 248. The van der Waals surface area contributed by atoms with Crippen LogP contribution in [0.15, 0.2) is 0 Å². The van der Waals surface area contributed by atoms with Gasteiger partial charge in [-0.1, -0.05) is 0 Å². The van der Waals surface area contributed by atoms with Crippen LogP contribution in [-0.2, 0) is 4.57 Å². The normalized spacial score (nSPS) is 1.00. The maximum absolute atomic E-state index is 8.06. The van der Waals surface area contributed by atoms with Gasteiger partial charge in [0.2, 0.25) is 0 Å². The van der Waals surface area contributed by atoms with Gasteiger partial charge in [-0.2, -0.15) is 0 Å². The first-order valence-corrected chi connectivity index (χ1v) is 0.612. The van der Waals surface area contributed by atoms with E-state index >= 15 is 0 Å². The van der Waals surface area contributed by atoms with Crippen molar-refractivity contribution in [1.82, 2.24) is 0 Å². The Morgan fingerprint density at radius 3 is 1.25 bits per heavy atom. The van der Waals surface area contributed by atoms with E-state index in [-0.39, 0.29) is 27.5 Å². The molecule has 0 aliphatic rings. The van der Waals surface area contributed by atoms with Crippen LogP contribution in [0, 0.1) is 0 Å². The third kappa shape index (κ3) is 14.2. The van der Waals surface area contributed by atoms with E-state index in [1.54, 1.807) is 9.12 Å². The van der Waals surface area contributed by atoms with E-state index < -0.39 is 0 Å². The van der Waals surface area contributed by atoms with Gasteiger partial charge in [0.1, 0.15) is 9.12 Å². The van der Waals surface area contributed by atoms with Gasteiger partial charge in [0, 0.05) is 27.5 Å². The summed E-state index contributed by atoms with van der Waals surface area (Å²) < 4.78 is 8.06. The third-order valence-corrected chi connectivity index (χ3v) is 0. The standard InChI is InChI=1S/Al.Be.HOP/c;;1-2/h;;2H. The van der Waals surface area contributed by atoms with Crippen LogP contribution in [0.2, 0.25) is 0 Å². The zero-order valence-electron chi connectivity index (χ0n) is 2.19. The molecule has 0 amide bonds. The number of hydrogen-bond donors (Lipinski definition) is 0. The van der Waals surface area contributed by atoms with Crippen molar-refractivity contribution in [3.8, 4) is 0 Å². The molecule has 0 atom stereocenters. The van der Waals surface area contributed by atoms with Gasteiger partial charge in [0.15, 0.2) is 0 Å². The Labute approximate surface area is 41.7 Å². The van der Waals surface area contributed by atoms with E-state index in [0.29, 0.717) is 0 Å². The van der Waals surface area contributed by atoms with Gasteiger partial charge < -0.3 is 0 Å². The summed E-state index contributed by atoms with van der Waals surface area (Å²) in [4.78, 5) is 0. The number of hydrogen-bond acceptors (Lipinski definition) is 1. The molecule has 0 saturated heterocycles. The second-order valence-corrected chi connectivity index (χ2v) is 0. The average molecular weight is 84.0 g/mol. The van der Waals surface area contributed by atoms with Gasteiger partial charge in [-0.25, -0.2) is 0 Å². The Bertz CT molecular complexity index is 8.00. The minimum absolute atomic E-state index is 0. The first-order chi connectivity index (χ1) is 1.00. The molecule has 4 heteroatoms. The van der Waals surface area contributed by atoms with Crippen molar-refractivity contribution in [1.29, 1.82) is 0 Å². The molecular formula is HAlBeOP. The second-order valence-electron chi connectivity index (χ2n) is 0. The molecule has 0 heterocycles. The van der Waals surface area contributed by atoms with Crippen molar-refractivity contribution < 1.29 is 4.57 Å². The van der Waals surface area contributed by atoms with Crippen LogP contribution in [0.4, 0.5) is 0 Å². The minimum Gasteiger partial charge on any atom is -0.279 e. The Morgan fingerprint density at radius 1 is 1.25 bits per heavy atom. The smallest absolute Gasteiger partial charge is 0.138 e. The van der Waals surface area contributed by atoms with Crippen LogP contribution in [0.3, 0.4) is 0 Å². The SMILES string of the molecule is O=P.[Al].[Be]. The summed E-state index contributed by atoms with van der Waals surface area (Å²) >= 11 is 0. The summed E-state index contributed by atoms with van der Waals surface area (Å²) in [5.41, 5.74) is 0. The van der Waals surface area contributed by atoms with E-state index in [4.69, 9.17) is 4.57 Å². The quantitative estimate of drug-likeness (QED) is 0.291. The monoisotopic (exact) mass is 84.0 g/mol. The molecule has 17 valence electrons. The Balaban J connectivity index is -0.00000000500. The average Bonchev–Trinajstić information content (AvgIpc) is 1.00. The number of rotatable bonds is 0. The maximum Gasteiger partial charge on any atom is 0.138 e. The summed E-state index contributed by atoms with van der Waals surface area (Å²) in [6.07, 6.45) is 0. The molecule has 0 fully saturated rings. The molecule has 0 bridgehead atoms. The first kappa shape index (κ1) is 21.4. The van der Waals surface area contributed by atoms with E-state index in [0.717, 1.165) is 0 Å². The van der Waals surface area contributed by atoms with Crippen LogP contribution >= 0.6 is 9.12 Å². The van der Waals surface area contributed by atoms with Gasteiger partial charge >= 0.3 is 0 Å². The largest absolute Gasteiger partial charge is 0.279 e. The van der Waals surface area contributed by atoms with E-state index in [2.05, 4.69) is 0 Å². The fraction of sp³-hybridized carbons (Fsp3) is 0. The maximum atomic E-state index is 8.06. The van der Waals surface area contributed by atoms with Crippen molar-refractivity contribution in [2.75, 3.05) is 0 Å². The van der Waals surface area contributed by atoms with Crippen molar-refractivity contribution in [2.45, 2.75) is 0 Å². The Hall–Kier alpha value is 0.801. The van der Waals surface area contributed by atoms with Crippen molar-refractivity contribution >= 4 is 36.6 Å². The summed E-state index contributed by atoms with van der Waals surface area (Å²) in [6, 6.07) is 0. The molecular weight excluding hydrogens is 83.0 g/mol. The molecule has 0 unspecified atom stereocenters. The van der Waals surface area contributed by atoms with Crippen LogP contribution < -0.4 is 0 Å². The zero-order chi connectivity index (χ0) is 2.00. The molecule has 0 rings (SSSR count). The third-order valence-electron chi connectivity index (χ3n) is 0. The van der Waals surface area contributed by atoms with Gasteiger partial charge in [-0.3, -0.25) is 4.57 Å². The topological polar surface area (TPSA) is 17.1 Å². The van der Waals surface area contributed by atoms with E-state index in [1.807, 2.05) is 0 Å². The van der Waals surface area contributed by atoms with E-state index in [9.17, 15) is 0 Å². The molecule has 0 spiro atoms. The predicted molar refractivity (Wildman–Crippen MR) is 20.5 cm³/mol. The van der Waals surface area contributed by atoms with Crippen molar-refractivity contribution in [3.05, 3.63) is 0 Å². The van der Waals surface area contributed by atoms with Gasteiger partial charge in [0.25, 0.3) is 0 Å². The molecule has 4 heavy (non-hydrogen) atoms. The minimum atomic E-state index is 0. The molecule has 0 aliphatic carbocycles. The molecule has 0 saturated carbocycles. The molecule has 0 aliphatic heterocycles. The Morgan fingerprint density at radius 2 is 1.25 bits per heavy atom. The second kappa shape index (κ2) is 46.5. The molecule has 0 aromatic rings. The summed E-state index contributed by atoms with van der Waals surface area (Å²) in [7, 11) is 1.72.